The minimum Gasteiger partial charge on any atom is -0.393 e. The highest BCUT2D eigenvalue weighted by atomic mass is 32.2. The summed E-state index contributed by atoms with van der Waals surface area (Å²) in [6.45, 7) is 4.15. The number of aliphatic hydroxyl groups excluding tert-OH is 1. The fourth-order valence-corrected chi connectivity index (χ4v) is 2.94. The molecule has 1 aliphatic rings. The fraction of sp³-hybridized carbons (Fsp3) is 0.643. The first-order chi connectivity index (χ1) is 9.46. The van der Waals surface area contributed by atoms with Gasteiger partial charge < -0.3 is 10.4 Å². The van der Waals surface area contributed by atoms with E-state index in [-0.39, 0.29) is 17.6 Å². The van der Waals surface area contributed by atoms with Gasteiger partial charge >= 0.3 is 0 Å². The van der Waals surface area contributed by atoms with Crippen LogP contribution in [-0.2, 0) is 0 Å². The third kappa shape index (κ3) is 3.22. The standard InChI is InChI=1S/C14H20N4OS/c1-14(2)6-10(4-5-11(14)19)17-12-9(7-15)8-16-13(18-12)20-3/h8,10-11,19H,4-6H2,1-3H3,(H,16,17,18)/t10-,11+/m1/s1. The molecule has 2 atom stereocenters. The van der Waals surface area contributed by atoms with Gasteiger partial charge in [-0.2, -0.15) is 5.26 Å². The molecule has 5 nitrogen and oxygen atoms in total. The molecule has 0 aromatic carbocycles. The lowest BCUT2D eigenvalue weighted by molar-refractivity contribution is 0.00926. The van der Waals surface area contributed by atoms with Gasteiger partial charge in [0.05, 0.1) is 12.3 Å². The van der Waals surface area contributed by atoms with Crippen LogP contribution in [0.25, 0.3) is 0 Å². The highest BCUT2D eigenvalue weighted by Gasteiger charge is 2.35. The minimum atomic E-state index is -0.261. The molecule has 0 amide bonds. The van der Waals surface area contributed by atoms with Gasteiger partial charge in [0.25, 0.3) is 0 Å². The summed E-state index contributed by atoms with van der Waals surface area (Å²) in [4.78, 5) is 8.49. The first kappa shape index (κ1) is 15.1. The summed E-state index contributed by atoms with van der Waals surface area (Å²) >= 11 is 1.45. The molecular weight excluding hydrogens is 272 g/mol. The molecule has 1 aromatic rings. The van der Waals surface area contributed by atoms with E-state index >= 15 is 0 Å². The topological polar surface area (TPSA) is 81.8 Å². The molecule has 108 valence electrons. The van der Waals surface area contributed by atoms with Crippen molar-refractivity contribution in [1.82, 2.24) is 9.97 Å². The van der Waals surface area contributed by atoms with E-state index in [9.17, 15) is 5.11 Å². The maximum atomic E-state index is 9.99. The van der Waals surface area contributed by atoms with Crippen molar-refractivity contribution in [2.45, 2.75) is 50.4 Å². The quantitative estimate of drug-likeness (QED) is 0.657. The molecule has 0 spiro atoms. The molecule has 0 radical (unpaired) electrons. The van der Waals surface area contributed by atoms with Gasteiger partial charge in [0.2, 0.25) is 0 Å². The number of nitriles is 1. The monoisotopic (exact) mass is 292 g/mol. The zero-order valence-corrected chi connectivity index (χ0v) is 12.9. The lowest BCUT2D eigenvalue weighted by atomic mass is 9.73. The van der Waals surface area contributed by atoms with Crippen molar-refractivity contribution in [3.63, 3.8) is 0 Å². The Morgan fingerprint density at radius 1 is 1.50 bits per heavy atom. The number of hydrogen-bond acceptors (Lipinski definition) is 6. The molecule has 1 fully saturated rings. The average Bonchev–Trinajstić information content (AvgIpc) is 2.42. The number of hydrogen-bond donors (Lipinski definition) is 2. The van der Waals surface area contributed by atoms with E-state index in [0.717, 1.165) is 19.3 Å². The van der Waals surface area contributed by atoms with Crippen molar-refractivity contribution in [2.24, 2.45) is 5.41 Å². The van der Waals surface area contributed by atoms with Gasteiger partial charge in [-0.25, -0.2) is 9.97 Å². The molecule has 1 aliphatic carbocycles. The second-order valence-electron chi connectivity index (χ2n) is 5.86. The first-order valence-corrected chi connectivity index (χ1v) is 7.94. The predicted molar refractivity (Wildman–Crippen MR) is 79.6 cm³/mol. The van der Waals surface area contributed by atoms with Gasteiger partial charge in [0.15, 0.2) is 5.16 Å². The van der Waals surface area contributed by atoms with Crippen LogP contribution in [0.4, 0.5) is 5.82 Å². The summed E-state index contributed by atoms with van der Waals surface area (Å²) in [5.74, 6) is 0.601. The Balaban J connectivity index is 2.16. The van der Waals surface area contributed by atoms with Crippen molar-refractivity contribution in [2.75, 3.05) is 11.6 Å². The average molecular weight is 292 g/mol. The molecule has 0 aliphatic heterocycles. The molecule has 20 heavy (non-hydrogen) atoms. The Bertz CT molecular complexity index is 526. The third-order valence-electron chi connectivity index (χ3n) is 3.87. The van der Waals surface area contributed by atoms with Crippen molar-refractivity contribution >= 4 is 17.6 Å². The molecule has 6 heteroatoms. The zero-order chi connectivity index (χ0) is 14.8. The Morgan fingerprint density at radius 3 is 2.85 bits per heavy atom. The molecule has 1 aromatic heterocycles. The van der Waals surface area contributed by atoms with E-state index < -0.39 is 0 Å². The molecule has 0 bridgehead atoms. The number of aromatic nitrogens is 2. The minimum absolute atomic E-state index is 0.113. The van der Waals surface area contributed by atoms with Crippen molar-refractivity contribution in [3.8, 4) is 6.07 Å². The van der Waals surface area contributed by atoms with E-state index in [0.29, 0.717) is 16.5 Å². The maximum absolute atomic E-state index is 9.99. The van der Waals surface area contributed by atoms with Gasteiger partial charge in [-0.05, 0) is 30.9 Å². The van der Waals surface area contributed by atoms with Crippen LogP contribution >= 0.6 is 11.8 Å². The molecule has 1 saturated carbocycles. The summed E-state index contributed by atoms with van der Waals surface area (Å²) in [5.41, 5.74) is 0.352. The van der Waals surface area contributed by atoms with Crippen LogP contribution in [0.2, 0.25) is 0 Å². The van der Waals surface area contributed by atoms with Crippen LogP contribution in [0.3, 0.4) is 0 Å². The highest BCUT2D eigenvalue weighted by molar-refractivity contribution is 7.98. The van der Waals surface area contributed by atoms with Crippen LogP contribution in [0.1, 0.15) is 38.7 Å². The Morgan fingerprint density at radius 2 is 2.25 bits per heavy atom. The van der Waals surface area contributed by atoms with Crippen molar-refractivity contribution in [1.29, 1.82) is 5.26 Å². The number of nitrogens with zero attached hydrogens (tertiary/aromatic N) is 3. The summed E-state index contributed by atoms with van der Waals surface area (Å²) in [6.07, 6.45) is 5.72. The normalized spacial score (nSPS) is 24.9. The fourth-order valence-electron chi connectivity index (χ4n) is 2.60. The second kappa shape index (κ2) is 5.98. The third-order valence-corrected chi connectivity index (χ3v) is 4.44. The number of thioether (sulfide) groups is 1. The Labute approximate surface area is 123 Å². The summed E-state index contributed by atoms with van der Waals surface area (Å²) < 4.78 is 0. The molecule has 0 saturated heterocycles. The molecule has 2 N–H and O–H groups in total. The number of anilines is 1. The molecule has 2 rings (SSSR count). The largest absolute Gasteiger partial charge is 0.393 e. The van der Waals surface area contributed by atoms with E-state index in [1.807, 2.05) is 6.26 Å². The maximum Gasteiger partial charge on any atom is 0.189 e. The Hall–Kier alpha value is -1.32. The van der Waals surface area contributed by atoms with Crippen LogP contribution in [0.5, 0.6) is 0 Å². The summed E-state index contributed by atoms with van der Waals surface area (Å²) in [6, 6.07) is 2.35. The predicted octanol–water partition coefficient (Wildman–Crippen LogP) is 2.42. The van der Waals surface area contributed by atoms with Crippen molar-refractivity contribution in [3.05, 3.63) is 11.8 Å². The molecular formula is C14H20N4OS. The number of nitrogens with one attached hydrogen (secondary N) is 1. The smallest absolute Gasteiger partial charge is 0.189 e. The second-order valence-corrected chi connectivity index (χ2v) is 6.63. The SMILES string of the molecule is CSc1ncc(C#N)c(N[C@@H]2CC[C@H](O)C(C)(C)C2)n1. The summed E-state index contributed by atoms with van der Waals surface area (Å²) in [5, 5.41) is 23.1. The van der Waals surface area contributed by atoms with E-state index in [1.54, 1.807) is 6.20 Å². The highest BCUT2D eigenvalue weighted by Crippen LogP contribution is 2.36. The van der Waals surface area contributed by atoms with Gasteiger partial charge in [-0.1, -0.05) is 25.6 Å². The van der Waals surface area contributed by atoms with Gasteiger partial charge in [0, 0.05) is 6.04 Å². The number of rotatable bonds is 3. The van der Waals surface area contributed by atoms with E-state index in [1.165, 1.54) is 11.8 Å². The van der Waals surface area contributed by atoms with Crippen LogP contribution < -0.4 is 5.32 Å². The van der Waals surface area contributed by atoms with Gasteiger partial charge in [-0.15, -0.1) is 0 Å². The molecule has 1 heterocycles. The van der Waals surface area contributed by atoms with Crippen LogP contribution in [0, 0.1) is 16.7 Å². The van der Waals surface area contributed by atoms with Gasteiger partial charge in [-0.3, -0.25) is 0 Å². The van der Waals surface area contributed by atoms with E-state index in [2.05, 4.69) is 35.2 Å². The van der Waals surface area contributed by atoms with Crippen molar-refractivity contribution < 1.29 is 5.11 Å². The molecule has 0 unspecified atom stereocenters. The lowest BCUT2D eigenvalue weighted by Gasteiger charge is -2.40. The first-order valence-electron chi connectivity index (χ1n) is 6.72. The zero-order valence-electron chi connectivity index (χ0n) is 12.1. The van der Waals surface area contributed by atoms with Crippen LogP contribution in [0.15, 0.2) is 11.4 Å². The number of aliphatic hydroxyl groups is 1. The van der Waals surface area contributed by atoms with Gasteiger partial charge in [0.1, 0.15) is 17.5 Å². The lowest BCUT2D eigenvalue weighted by Crippen LogP contribution is -2.41. The van der Waals surface area contributed by atoms with E-state index in [4.69, 9.17) is 5.26 Å². The Kier molecular flexibility index (Phi) is 4.51. The summed E-state index contributed by atoms with van der Waals surface area (Å²) in [7, 11) is 0. The van der Waals surface area contributed by atoms with Crippen LogP contribution in [-0.4, -0.2) is 33.5 Å².